The molecule has 0 aliphatic carbocycles. The van der Waals surface area contributed by atoms with Crippen LogP contribution in [0, 0.1) is 0 Å². The van der Waals surface area contributed by atoms with Crippen LogP contribution >= 0.6 is 0 Å². The molecule has 1 atom stereocenters. The Hall–Kier alpha value is -2.97. The molecule has 122 valence electrons. The van der Waals surface area contributed by atoms with E-state index in [1.165, 1.54) is 0 Å². The fourth-order valence-electron chi connectivity index (χ4n) is 1.92. The van der Waals surface area contributed by atoms with Gasteiger partial charge in [0.15, 0.2) is 0 Å². The number of hydrogen-bond donors (Lipinski definition) is 2. The monoisotopic (exact) mass is 318 g/mol. The van der Waals surface area contributed by atoms with Crippen LogP contribution in [0.3, 0.4) is 0 Å². The number of tetrazole rings is 1. The van der Waals surface area contributed by atoms with E-state index in [0.29, 0.717) is 12.2 Å². The van der Waals surface area contributed by atoms with Crippen LogP contribution in [0.15, 0.2) is 35.1 Å². The summed E-state index contributed by atoms with van der Waals surface area (Å²) in [5.41, 5.74) is 0.0249. The lowest BCUT2D eigenvalue weighted by Gasteiger charge is -2.12. The molecule has 9 nitrogen and oxygen atoms in total. The highest BCUT2D eigenvalue weighted by molar-refractivity contribution is 5.87. The topological polar surface area (TPSA) is 111 Å². The minimum atomic E-state index is -0.692. The first kappa shape index (κ1) is 16.4. The van der Waals surface area contributed by atoms with E-state index in [-0.39, 0.29) is 12.5 Å². The molecule has 0 fully saturated rings. The molecule has 1 heterocycles. The zero-order valence-corrected chi connectivity index (χ0v) is 12.9. The van der Waals surface area contributed by atoms with Crippen LogP contribution in [0.2, 0.25) is 0 Å². The molecule has 2 aromatic rings. The molecule has 9 heteroatoms. The quantitative estimate of drug-likeness (QED) is 0.715. The molecular formula is C14H18N6O3. The summed E-state index contributed by atoms with van der Waals surface area (Å²) in [7, 11) is 0. The molecular weight excluding hydrogens is 300 g/mol. The van der Waals surface area contributed by atoms with Crippen molar-refractivity contribution in [1.29, 1.82) is 0 Å². The zero-order valence-electron chi connectivity index (χ0n) is 12.9. The van der Waals surface area contributed by atoms with Crippen molar-refractivity contribution in [1.82, 2.24) is 30.4 Å². The predicted octanol–water partition coefficient (Wildman–Crippen LogP) is -0.930. The summed E-state index contributed by atoms with van der Waals surface area (Å²) < 4.78 is 2.03. The molecule has 0 spiro atoms. The standard InChI is InChI=1S/C14H18N6O3/c1-3-15-13(22)10(2)16-12(21)9-19-14(23)20(18-17-19)11-7-5-4-6-8-11/h4-8,10H,3,9H2,1-2H3,(H,15,22)(H,16,21)/t10-/m0/s1. The van der Waals surface area contributed by atoms with E-state index in [9.17, 15) is 14.4 Å². The van der Waals surface area contributed by atoms with Crippen LogP contribution in [0.5, 0.6) is 0 Å². The van der Waals surface area contributed by atoms with Gasteiger partial charge in [-0.15, -0.1) is 0 Å². The second-order valence-corrected chi connectivity index (χ2v) is 4.85. The third-order valence-corrected chi connectivity index (χ3v) is 3.06. The number of nitrogens with one attached hydrogen (secondary N) is 2. The van der Waals surface area contributed by atoms with Gasteiger partial charge in [0.2, 0.25) is 11.8 Å². The summed E-state index contributed by atoms with van der Waals surface area (Å²) in [6.07, 6.45) is 0. The van der Waals surface area contributed by atoms with Gasteiger partial charge in [0, 0.05) is 6.54 Å². The van der Waals surface area contributed by atoms with Crippen LogP contribution in [-0.4, -0.2) is 44.2 Å². The number of carbonyl (C=O) groups excluding carboxylic acids is 2. The van der Waals surface area contributed by atoms with Gasteiger partial charge in [-0.2, -0.15) is 9.36 Å². The Bertz CT molecular complexity index is 736. The maximum absolute atomic E-state index is 12.2. The lowest BCUT2D eigenvalue weighted by atomic mass is 10.3. The van der Waals surface area contributed by atoms with Crippen molar-refractivity contribution in [2.24, 2.45) is 0 Å². The van der Waals surface area contributed by atoms with E-state index < -0.39 is 17.6 Å². The molecule has 2 N–H and O–H groups in total. The van der Waals surface area contributed by atoms with Gasteiger partial charge in [-0.3, -0.25) is 9.59 Å². The van der Waals surface area contributed by atoms with Crippen molar-refractivity contribution < 1.29 is 9.59 Å². The van der Waals surface area contributed by atoms with E-state index in [0.717, 1.165) is 9.36 Å². The summed E-state index contributed by atoms with van der Waals surface area (Å²) in [6.45, 7) is 3.51. The normalized spacial score (nSPS) is 11.7. The molecule has 0 aliphatic rings. The Labute approximate surface area is 132 Å². The molecule has 0 saturated carbocycles. The van der Waals surface area contributed by atoms with Gasteiger partial charge in [-0.25, -0.2) is 4.79 Å². The number of nitrogens with zero attached hydrogens (tertiary/aromatic N) is 4. The molecule has 2 rings (SSSR count). The first-order valence-electron chi connectivity index (χ1n) is 7.18. The fraction of sp³-hybridized carbons (Fsp3) is 0.357. The van der Waals surface area contributed by atoms with E-state index in [4.69, 9.17) is 0 Å². The lowest BCUT2D eigenvalue weighted by Crippen LogP contribution is -2.46. The molecule has 23 heavy (non-hydrogen) atoms. The molecule has 0 aliphatic heterocycles. The number of benzene rings is 1. The fourth-order valence-corrected chi connectivity index (χ4v) is 1.92. The Morgan fingerprint density at radius 3 is 2.57 bits per heavy atom. The van der Waals surface area contributed by atoms with Crippen molar-refractivity contribution in [3.8, 4) is 5.69 Å². The van der Waals surface area contributed by atoms with E-state index in [1.54, 1.807) is 38.1 Å². The average molecular weight is 318 g/mol. The second kappa shape index (κ2) is 7.34. The van der Waals surface area contributed by atoms with Crippen molar-refractivity contribution in [2.45, 2.75) is 26.4 Å². The predicted molar refractivity (Wildman–Crippen MR) is 81.9 cm³/mol. The number of likely N-dealkylation sites (N-methyl/N-ethyl adjacent to an activating group) is 1. The van der Waals surface area contributed by atoms with Crippen molar-refractivity contribution >= 4 is 11.8 Å². The molecule has 0 unspecified atom stereocenters. The summed E-state index contributed by atoms with van der Waals surface area (Å²) in [5.74, 6) is -0.785. The first-order chi connectivity index (χ1) is 11.0. The van der Waals surface area contributed by atoms with Gasteiger partial charge in [0.1, 0.15) is 12.6 Å². The number of amides is 2. The van der Waals surface area contributed by atoms with E-state index in [1.807, 2.05) is 6.07 Å². The summed E-state index contributed by atoms with van der Waals surface area (Å²) >= 11 is 0. The van der Waals surface area contributed by atoms with Gasteiger partial charge in [0.05, 0.1) is 5.69 Å². The zero-order chi connectivity index (χ0) is 16.8. The third kappa shape index (κ3) is 4.02. The van der Waals surface area contributed by atoms with Crippen LogP contribution in [0.1, 0.15) is 13.8 Å². The molecule has 1 aromatic carbocycles. The SMILES string of the molecule is CCNC(=O)[C@H](C)NC(=O)Cn1nnn(-c2ccccc2)c1=O. The number of rotatable bonds is 6. The molecule has 0 saturated heterocycles. The number of para-hydroxylation sites is 1. The number of carbonyl (C=O) groups is 2. The van der Waals surface area contributed by atoms with Gasteiger partial charge in [-0.05, 0) is 36.4 Å². The third-order valence-electron chi connectivity index (χ3n) is 3.06. The molecule has 0 bridgehead atoms. The van der Waals surface area contributed by atoms with Crippen LogP contribution in [0.25, 0.3) is 5.69 Å². The molecule has 2 amide bonds. The van der Waals surface area contributed by atoms with Crippen molar-refractivity contribution in [2.75, 3.05) is 6.54 Å². The van der Waals surface area contributed by atoms with Gasteiger partial charge in [0.25, 0.3) is 0 Å². The van der Waals surface area contributed by atoms with Gasteiger partial charge in [-0.1, -0.05) is 18.2 Å². The van der Waals surface area contributed by atoms with Gasteiger partial charge >= 0.3 is 5.69 Å². The average Bonchev–Trinajstić information content (AvgIpc) is 2.89. The highest BCUT2D eigenvalue weighted by Crippen LogP contribution is 2.00. The maximum atomic E-state index is 12.2. The Balaban J connectivity index is 2.04. The summed E-state index contributed by atoms with van der Waals surface area (Å²) in [5, 5.41) is 12.5. The van der Waals surface area contributed by atoms with Crippen molar-refractivity contribution in [3.63, 3.8) is 0 Å². The Morgan fingerprint density at radius 1 is 1.22 bits per heavy atom. The Morgan fingerprint density at radius 2 is 1.91 bits per heavy atom. The smallest absolute Gasteiger partial charge is 0.355 e. The minimum Gasteiger partial charge on any atom is -0.355 e. The largest absolute Gasteiger partial charge is 0.368 e. The van der Waals surface area contributed by atoms with E-state index >= 15 is 0 Å². The lowest BCUT2D eigenvalue weighted by molar-refractivity contribution is -0.128. The van der Waals surface area contributed by atoms with Crippen LogP contribution < -0.4 is 16.3 Å². The van der Waals surface area contributed by atoms with Crippen molar-refractivity contribution in [3.05, 3.63) is 40.8 Å². The number of aromatic nitrogens is 4. The van der Waals surface area contributed by atoms with Crippen LogP contribution in [0.4, 0.5) is 0 Å². The van der Waals surface area contributed by atoms with E-state index in [2.05, 4.69) is 21.1 Å². The summed E-state index contributed by atoms with van der Waals surface area (Å²) in [6, 6.07) is 8.07. The Kier molecular flexibility index (Phi) is 5.23. The molecule has 1 aromatic heterocycles. The maximum Gasteiger partial charge on any atom is 0.368 e. The van der Waals surface area contributed by atoms with Crippen LogP contribution in [-0.2, 0) is 16.1 Å². The minimum absolute atomic E-state index is 0.291. The molecule has 0 radical (unpaired) electrons. The highest BCUT2D eigenvalue weighted by Gasteiger charge is 2.17. The second-order valence-electron chi connectivity index (χ2n) is 4.85. The number of hydrogen-bond acceptors (Lipinski definition) is 5. The highest BCUT2D eigenvalue weighted by atomic mass is 16.2. The first-order valence-corrected chi connectivity index (χ1v) is 7.18. The summed E-state index contributed by atoms with van der Waals surface area (Å²) in [4.78, 5) is 35.6. The van der Waals surface area contributed by atoms with Gasteiger partial charge < -0.3 is 10.6 Å².